The van der Waals surface area contributed by atoms with Crippen molar-refractivity contribution in [2.24, 2.45) is 0 Å². The second kappa shape index (κ2) is 7.67. The van der Waals surface area contributed by atoms with Crippen molar-refractivity contribution >= 4 is 15.7 Å². The molecular weight excluding hydrogens is 382 g/mol. The van der Waals surface area contributed by atoms with Crippen molar-refractivity contribution in [3.05, 3.63) is 75.1 Å². The summed E-state index contributed by atoms with van der Waals surface area (Å²) >= 11 is 0. The molecule has 2 aromatic carbocycles. The number of anilines is 1. The summed E-state index contributed by atoms with van der Waals surface area (Å²) in [6, 6.07) is 10.0. The standard InChI is InChI=1S/C23H29N3O2S/c1-14-15(2)17(4)23(18(5)16(14)3)29(27,28)25-22-19(6)24-26(20(22)7)13-21-11-9-8-10-12-21/h8-12,25H,13H2,1-7H3. The molecule has 3 rings (SSSR count). The number of sulfonamides is 1. The first-order valence-electron chi connectivity index (χ1n) is 9.72. The molecule has 154 valence electrons. The topological polar surface area (TPSA) is 64.0 Å². The predicted molar refractivity (Wildman–Crippen MR) is 118 cm³/mol. The molecule has 0 atom stereocenters. The zero-order valence-corrected chi connectivity index (χ0v) is 19.0. The van der Waals surface area contributed by atoms with Gasteiger partial charge in [0.05, 0.1) is 28.5 Å². The first kappa shape index (κ1) is 21.1. The van der Waals surface area contributed by atoms with Crippen molar-refractivity contribution in [1.82, 2.24) is 9.78 Å². The van der Waals surface area contributed by atoms with Gasteiger partial charge in [-0.25, -0.2) is 8.42 Å². The van der Waals surface area contributed by atoms with Crippen molar-refractivity contribution in [2.45, 2.75) is 59.9 Å². The van der Waals surface area contributed by atoms with E-state index in [1.54, 1.807) is 0 Å². The first-order chi connectivity index (χ1) is 13.5. The van der Waals surface area contributed by atoms with Gasteiger partial charge in [-0.1, -0.05) is 30.3 Å². The predicted octanol–water partition coefficient (Wildman–Crippen LogP) is 4.89. The molecule has 1 heterocycles. The second-order valence-electron chi connectivity index (χ2n) is 7.75. The van der Waals surface area contributed by atoms with Crippen LogP contribution in [-0.4, -0.2) is 18.2 Å². The number of rotatable bonds is 5. The van der Waals surface area contributed by atoms with Crippen LogP contribution in [0.5, 0.6) is 0 Å². The average molecular weight is 412 g/mol. The Morgan fingerprint density at radius 1 is 0.828 bits per heavy atom. The van der Waals surface area contributed by atoms with Crippen LogP contribution in [-0.2, 0) is 16.6 Å². The SMILES string of the molecule is Cc1nn(Cc2ccccc2)c(C)c1NS(=O)(=O)c1c(C)c(C)c(C)c(C)c1C. The van der Waals surface area contributed by atoms with Crippen molar-refractivity contribution in [3.63, 3.8) is 0 Å². The Morgan fingerprint density at radius 3 is 1.90 bits per heavy atom. The number of aryl methyl sites for hydroxylation is 1. The van der Waals surface area contributed by atoms with E-state index in [-0.39, 0.29) is 0 Å². The Labute approximate surface area is 173 Å². The van der Waals surface area contributed by atoms with Crippen LogP contribution in [0, 0.1) is 48.5 Å². The third kappa shape index (κ3) is 3.81. The Balaban J connectivity index is 2.03. The number of hydrogen-bond donors (Lipinski definition) is 1. The van der Waals surface area contributed by atoms with E-state index in [0.717, 1.165) is 39.1 Å². The summed E-state index contributed by atoms with van der Waals surface area (Å²) in [7, 11) is -3.74. The van der Waals surface area contributed by atoms with E-state index in [4.69, 9.17) is 0 Å². The van der Waals surface area contributed by atoms with E-state index in [9.17, 15) is 8.42 Å². The highest BCUT2D eigenvalue weighted by molar-refractivity contribution is 7.92. The molecule has 0 radical (unpaired) electrons. The van der Waals surface area contributed by atoms with E-state index in [2.05, 4.69) is 9.82 Å². The Kier molecular flexibility index (Phi) is 5.59. The smallest absolute Gasteiger partial charge is 0.262 e. The Hall–Kier alpha value is -2.60. The third-order valence-electron chi connectivity index (χ3n) is 5.99. The van der Waals surface area contributed by atoms with Crippen molar-refractivity contribution in [2.75, 3.05) is 4.72 Å². The lowest BCUT2D eigenvalue weighted by Gasteiger charge is -2.19. The molecule has 6 heteroatoms. The van der Waals surface area contributed by atoms with Gasteiger partial charge in [0.15, 0.2) is 0 Å². The highest BCUT2D eigenvalue weighted by atomic mass is 32.2. The average Bonchev–Trinajstić information content (AvgIpc) is 2.92. The maximum atomic E-state index is 13.4. The number of hydrogen-bond acceptors (Lipinski definition) is 3. The van der Waals surface area contributed by atoms with Crippen LogP contribution in [0.3, 0.4) is 0 Å². The van der Waals surface area contributed by atoms with E-state index in [1.807, 2.05) is 83.5 Å². The van der Waals surface area contributed by atoms with Gasteiger partial charge in [0.2, 0.25) is 0 Å². The zero-order valence-electron chi connectivity index (χ0n) is 18.2. The largest absolute Gasteiger partial charge is 0.276 e. The number of aromatic nitrogens is 2. The molecule has 0 aliphatic heterocycles. The second-order valence-corrected chi connectivity index (χ2v) is 9.37. The van der Waals surface area contributed by atoms with Gasteiger partial charge in [-0.2, -0.15) is 5.10 Å². The fraction of sp³-hybridized carbons (Fsp3) is 0.348. The highest BCUT2D eigenvalue weighted by Gasteiger charge is 2.26. The van der Waals surface area contributed by atoms with Gasteiger partial charge in [-0.15, -0.1) is 0 Å². The fourth-order valence-corrected chi connectivity index (χ4v) is 5.59. The monoisotopic (exact) mass is 411 g/mol. The summed E-state index contributed by atoms with van der Waals surface area (Å²) in [5.41, 5.74) is 7.89. The molecule has 1 N–H and O–H groups in total. The van der Waals surface area contributed by atoms with Crippen LogP contribution in [0.25, 0.3) is 0 Å². The van der Waals surface area contributed by atoms with Crippen molar-refractivity contribution in [3.8, 4) is 0 Å². The van der Waals surface area contributed by atoms with Gasteiger partial charge >= 0.3 is 0 Å². The maximum Gasteiger partial charge on any atom is 0.262 e. The number of benzene rings is 2. The van der Waals surface area contributed by atoms with Crippen LogP contribution >= 0.6 is 0 Å². The van der Waals surface area contributed by atoms with Crippen LogP contribution < -0.4 is 4.72 Å². The lowest BCUT2D eigenvalue weighted by atomic mass is 9.95. The minimum absolute atomic E-state index is 0.368. The van der Waals surface area contributed by atoms with Crippen molar-refractivity contribution < 1.29 is 8.42 Å². The summed E-state index contributed by atoms with van der Waals surface area (Å²) in [5.74, 6) is 0. The quantitative estimate of drug-likeness (QED) is 0.650. The highest BCUT2D eigenvalue weighted by Crippen LogP contribution is 2.32. The molecule has 0 aliphatic rings. The van der Waals surface area contributed by atoms with Crippen LogP contribution in [0.2, 0.25) is 0 Å². The van der Waals surface area contributed by atoms with Gasteiger partial charge in [-0.05, 0) is 81.8 Å². The molecule has 0 aliphatic carbocycles. The normalized spacial score (nSPS) is 11.7. The summed E-state index contributed by atoms with van der Waals surface area (Å²) in [6.45, 7) is 14.1. The Bertz CT molecular complexity index is 1150. The molecule has 0 fully saturated rings. The van der Waals surface area contributed by atoms with Gasteiger partial charge in [-0.3, -0.25) is 9.40 Å². The first-order valence-corrected chi connectivity index (χ1v) is 11.2. The molecule has 0 amide bonds. The van der Waals surface area contributed by atoms with E-state index in [0.29, 0.717) is 22.8 Å². The summed E-state index contributed by atoms with van der Waals surface area (Å²) < 4.78 is 31.4. The number of nitrogens with one attached hydrogen (secondary N) is 1. The summed E-state index contributed by atoms with van der Waals surface area (Å²) in [6.07, 6.45) is 0. The molecule has 0 bridgehead atoms. The van der Waals surface area contributed by atoms with Crippen molar-refractivity contribution in [1.29, 1.82) is 0 Å². The van der Waals surface area contributed by atoms with Gasteiger partial charge in [0, 0.05) is 0 Å². The van der Waals surface area contributed by atoms with Crippen LogP contribution in [0.1, 0.15) is 44.8 Å². The van der Waals surface area contributed by atoms with Gasteiger partial charge in [0.1, 0.15) is 0 Å². The summed E-state index contributed by atoms with van der Waals surface area (Å²) in [5, 5.41) is 4.57. The molecular formula is C23H29N3O2S. The minimum atomic E-state index is -3.74. The third-order valence-corrected chi connectivity index (χ3v) is 7.62. The summed E-state index contributed by atoms with van der Waals surface area (Å²) in [4.78, 5) is 0.368. The fourth-order valence-electron chi connectivity index (χ4n) is 3.81. The van der Waals surface area contributed by atoms with E-state index < -0.39 is 10.0 Å². The lowest BCUT2D eigenvalue weighted by Crippen LogP contribution is -2.18. The molecule has 5 nitrogen and oxygen atoms in total. The van der Waals surface area contributed by atoms with Gasteiger partial charge < -0.3 is 0 Å². The number of nitrogens with zero attached hydrogens (tertiary/aromatic N) is 2. The Morgan fingerprint density at radius 2 is 1.34 bits per heavy atom. The molecule has 1 aromatic heterocycles. The zero-order chi connectivity index (χ0) is 21.5. The van der Waals surface area contributed by atoms with Crippen LogP contribution in [0.15, 0.2) is 35.2 Å². The maximum absolute atomic E-state index is 13.4. The molecule has 0 saturated carbocycles. The van der Waals surface area contributed by atoms with Crippen LogP contribution in [0.4, 0.5) is 5.69 Å². The van der Waals surface area contributed by atoms with E-state index in [1.165, 1.54) is 0 Å². The molecule has 0 unspecified atom stereocenters. The lowest BCUT2D eigenvalue weighted by molar-refractivity contribution is 0.599. The molecule has 0 saturated heterocycles. The minimum Gasteiger partial charge on any atom is -0.276 e. The molecule has 3 aromatic rings. The van der Waals surface area contributed by atoms with Gasteiger partial charge in [0.25, 0.3) is 10.0 Å². The molecule has 0 spiro atoms. The molecule has 29 heavy (non-hydrogen) atoms. The van der Waals surface area contributed by atoms with E-state index >= 15 is 0 Å².